The van der Waals surface area contributed by atoms with Gasteiger partial charge in [0.1, 0.15) is 11.3 Å². The standard InChI is InChI=1S/C28H31N3O3S/c1-7-12-30-23-15-24(34-6)19(13-20(23)18(3)16-28(30,4)5)14-21-25(32)29-27(35)31(26(21)33)22-11-9-8-10-17(22)2/h8-11,13-16H,7,12H2,1-6H3,(H,29,32,35)/b21-14-. The Morgan fingerprint density at radius 1 is 1.11 bits per heavy atom. The van der Waals surface area contributed by atoms with Crippen molar-refractivity contribution >= 4 is 52.2 Å². The summed E-state index contributed by atoms with van der Waals surface area (Å²) in [5, 5.41) is 2.74. The summed E-state index contributed by atoms with van der Waals surface area (Å²) in [5.41, 5.74) is 5.32. The molecule has 0 bridgehead atoms. The third kappa shape index (κ3) is 4.36. The number of anilines is 2. The summed E-state index contributed by atoms with van der Waals surface area (Å²) in [6, 6.07) is 11.4. The molecule has 2 aliphatic rings. The number of benzene rings is 2. The lowest BCUT2D eigenvalue weighted by Crippen LogP contribution is -2.54. The molecule has 2 amide bonds. The molecule has 2 aromatic carbocycles. The van der Waals surface area contributed by atoms with Gasteiger partial charge in [0.2, 0.25) is 0 Å². The minimum atomic E-state index is -0.523. The summed E-state index contributed by atoms with van der Waals surface area (Å²) in [7, 11) is 1.60. The zero-order valence-corrected chi connectivity index (χ0v) is 21.9. The fourth-order valence-corrected chi connectivity index (χ4v) is 5.16. The van der Waals surface area contributed by atoms with Crippen LogP contribution in [0.1, 0.15) is 50.8 Å². The summed E-state index contributed by atoms with van der Waals surface area (Å²) < 4.78 is 5.73. The third-order valence-corrected chi connectivity index (χ3v) is 6.82. The Kier molecular flexibility index (Phi) is 6.56. The molecule has 1 N–H and O–H groups in total. The van der Waals surface area contributed by atoms with E-state index in [-0.39, 0.29) is 16.2 Å². The maximum atomic E-state index is 13.5. The molecule has 0 spiro atoms. The summed E-state index contributed by atoms with van der Waals surface area (Å²) in [6.07, 6.45) is 4.86. The first kappa shape index (κ1) is 24.7. The largest absolute Gasteiger partial charge is 0.496 e. The number of aryl methyl sites for hydroxylation is 1. The van der Waals surface area contributed by atoms with Crippen LogP contribution in [0.15, 0.2) is 48.0 Å². The van der Waals surface area contributed by atoms with Crippen molar-refractivity contribution in [2.75, 3.05) is 23.5 Å². The predicted octanol–water partition coefficient (Wildman–Crippen LogP) is 5.25. The number of allylic oxidation sites excluding steroid dienone is 1. The lowest BCUT2D eigenvalue weighted by atomic mass is 9.87. The van der Waals surface area contributed by atoms with Gasteiger partial charge in [-0.15, -0.1) is 0 Å². The SMILES string of the molecule is CCCN1c2cc(OC)c(/C=C3/C(=O)NC(=S)N(c4ccccc4C)C3=O)cc2C(C)=CC1(C)C. The van der Waals surface area contributed by atoms with Gasteiger partial charge in [0.25, 0.3) is 11.8 Å². The minimum absolute atomic E-state index is 0.00305. The summed E-state index contributed by atoms with van der Waals surface area (Å²) >= 11 is 5.35. The van der Waals surface area contributed by atoms with E-state index in [2.05, 4.69) is 44.0 Å². The first-order valence-corrected chi connectivity index (χ1v) is 12.2. The number of amides is 2. The predicted molar refractivity (Wildman–Crippen MR) is 146 cm³/mol. The highest BCUT2D eigenvalue weighted by Gasteiger charge is 2.36. The number of thiocarbonyl (C=S) groups is 1. The van der Waals surface area contributed by atoms with Gasteiger partial charge in [-0.1, -0.05) is 31.2 Å². The molecule has 0 aromatic heterocycles. The van der Waals surface area contributed by atoms with Crippen LogP contribution in [-0.4, -0.2) is 36.1 Å². The number of carbonyl (C=O) groups is 2. The Morgan fingerprint density at radius 3 is 2.49 bits per heavy atom. The Labute approximate surface area is 212 Å². The number of nitrogens with one attached hydrogen (secondary N) is 1. The van der Waals surface area contributed by atoms with Crippen LogP contribution in [0.3, 0.4) is 0 Å². The number of nitrogens with zero attached hydrogens (tertiary/aromatic N) is 2. The first-order valence-electron chi connectivity index (χ1n) is 11.8. The Morgan fingerprint density at radius 2 is 1.83 bits per heavy atom. The van der Waals surface area contributed by atoms with Crippen molar-refractivity contribution in [2.45, 2.75) is 46.6 Å². The molecule has 2 heterocycles. The normalized spacial score (nSPS) is 18.4. The van der Waals surface area contributed by atoms with E-state index < -0.39 is 11.8 Å². The Hall–Kier alpha value is -3.45. The topological polar surface area (TPSA) is 61.9 Å². The van der Waals surface area contributed by atoms with E-state index in [4.69, 9.17) is 17.0 Å². The highest BCUT2D eigenvalue weighted by Crippen LogP contribution is 2.43. The van der Waals surface area contributed by atoms with Crippen molar-refractivity contribution in [1.82, 2.24) is 5.32 Å². The monoisotopic (exact) mass is 489 g/mol. The lowest BCUT2D eigenvalue weighted by Gasteiger charge is -2.43. The van der Waals surface area contributed by atoms with Gasteiger partial charge < -0.3 is 9.64 Å². The molecule has 182 valence electrons. The number of hydrogen-bond acceptors (Lipinski definition) is 5. The van der Waals surface area contributed by atoms with Gasteiger partial charge in [0.15, 0.2) is 5.11 Å². The van der Waals surface area contributed by atoms with E-state index in [0.717, 1.165) is 35.4 Å². The van der Waals surface area contributed by atoms with Crippen molar-refractivity contribution in [2.24, 2.45) is 0 Å². The van der Waals surface area contributed by atoms with Crippen LogP contribution < -0.4 is 19.9 Å². The zero-order valence-electron chi connectivity index (χ0n) is 21.1. The van der Waals surface area contributed by atoms with Gasteiger partial charge in [-0.05, 0) is 75.7 Å². The van der Waals surface area contributed by atoms with E-state index in [1.54, 1.807) is 13.2 Å². The van der Waals surface area contributed by atoms with Crippen molar-refractivity contribution in [3.05, 3.63) is 64.7 Å². The maximum Gasteiger partial charge on any atom is 0.270 e. The Balaban J connectivity index is 1.84. The molecule has 7 heteroatoms. The average Bonchev–Trinajstić information content (AvgIpc) is 2.80. The zero-order chi connectivity index (χ0) is 25.5. The highest BCUT2D eigenvalue weighted by atomic mass is 32.1. The number of rotatable bonds is 5. The number of para-hydroxylation sites is 1. The van der Waals surface area contributed by atoms with Gasteiger partial charge in [-0.3, -0.25) is 19.8 Å². The molecule has 0 aliphatic carbocycles. The number of hydrogen-bond donors (Lipinski definition) is 1. The van der Waals surface area contributed by atoms with Gasteiger partial charge in [0, 0.05) is 29.4 Å². The molecule has 2 aromatic rings. The average molecular weight is 490 g/mol. The molecule has 0 unspecified atom stereocenters. The van der Waals surface area contributed by atoms with E-state index in [1.807, 2.05) is 43.3 Å². The lowest BCUT2D eigenvalue weighted by molar-refractivity contribution is -0.122. The molecule has 4 rings (SSSR count). The van der Waals surface area contributed by atoms with Crippen molar-refractivity contribution < 1.29 is 14.3 Å². The van der Waals surface area contributed by atoms with Gasteiger partial charge in [-0.2, -0.15) is 0 Å². The van der Waals surface area contributed by atoms with E-state index in [9.17, 15) is 9.59 Å². The van der Waals surface area contributed by atoms with Crippen LogP contribution >= 0.6 is 12.2 Å². The summed E-state index contributed by atoms with van der Waals surface area (Å²) in [6.45, 7) is 11.4. The van der Waals surface area contributed by atoms with Crippen molar-refractivity contribution in [3.63, 3.8) is 0 Å². The minimum Gasteiger partial charge on any atom is -0.496 e. The fraction of sp³-hybridized carbons (Fsp3) is 0.321. The second kappa shape index (κ2) is 9.30. The molecule has 6 nitrogen and oxygen atoms in total. The second-order valence-corrected chi connectivity index (χ2v) is 9.87. The van der Waals surface area contributed by atoms with Crippen LogP contribution in [-0.2, 0) is 9.59 Å². The fourth-order valence-electron chi connectivity index (χ4n) is 4.89. The van der Waals surface area contributed by atoms with Gasteiger partial charge in [0.05, 0.1) is 18.3 Å². The third-order valence-electron chi connectivity index (χ3n) is 6.53. The quantitative estimate of drug-likeness (QED) is 0.353. The van der Waals surface area contributed by atoms with Gasteiger partial charge >= 0.3 is 0 Å². The molecule has 0 saturated carbocycles. The molecule has 0 radical (unpaired) electrons. The number of methoxy groups -OCH3 is 1. The van der Waals surface area contributed by atoms with Crippen LogP contribution in [0.2, 0.25) is 0 Å². The summed E-state index contributed by atoms with van der Waals surface area (Å²) in [5.74, 6) is -0.390. The second-order valence-electron chi connectivity index (χ2n) is 9.49. The Bertz CT molecular complexity index is 1290. The molecule has 35 heavy (non-hydrogen) atoms. The maximum absolute atomic E-state index is 13.5. The van der Waals surface area contributed by atoms with Crippen LogP contribution in [0.5, 0.6) is 5.75 Å². The first-order chi connectivity index (χ1) is 16.6. The van der Waals surface area contributed by atoms with Crippen LogP contribution in [0.4, 0.5) is 11.4 Å². The van der Waals surface area contributed by atoms with Crippen molar-refractivity contribution in [3.8, 4) is 5.75 Å². The number of fused-ring (bicyclic) bond motifs is 1. The number of carbonyl (C=O) groups excluding carboxylic acids is 2. The molecular weight excluding hydrogens is 458 g/mol. The van der Waals surface area contributed by atoms with E-state index in [1.165, 1.54) is 4.90 Å². The number of ether oxygens (including phenoxy) is 1. The summed E-state index contributed by atoms with van der Waals surface area (Å²) in [4.78, 5) is 30.1. The molecular formula is C28H31N3O3S. The van der Waals surface area contributed by atoms with Crippen LogP contribution in [0.25, 0.3) is 11.6 Å². The van der Waals surface area contributed by atoms with Crippen molar-refractivity contribution in [1.29, 1.82) is 0 Å². The van der Waals surface area contributed by atoms with Gasteiger partial charge in [-0.25, -0.2) is 0 Å². The van der Waals surface area contributed by atoms with E-state index >= 15 is 0 Å². The van der Waals surface area contributed by atoms with E-state index in [0.29, 0.717) is 17.0 Å². The molecule has 2 aliphatic heterocycles. The molecule has 0 atom stereocenters. The smallest absolute Gasteiger partial charge is 0.270 e. The van der Waals surface area contributed by atoms with Crippen LogP contribution in [0, 0.1) is 6.92 Å². The molecule has 1 fully saturated rings. The highest BCUT2D eigenvalue weighted by molar-refractivity contribution is 7.80. The molecule has 1 saturated heterocycles.